The van der Waals surface area contributed by atoms with Crippen LogP contribution in [0.2, 0.25) is 0 Å². The summed E-state index contributed by atoms with van der Waals surface area (Å²) in [5.41, 5.74) is 0.626. The average Bonchev–Trinajstić information content (AvgIpc) is 2.93. The number of nitrogens with zero attached hydrogens (tertiary/aromatic N) is 1. The van der Waals surface area contributed by atoms with E-state index in [0.717, 1.165) is 12.8 Å². The van der Waals surface area contributed by atoms with Crippen molar-refractivity contribution in [2.75, 3.05) is 6.54 Å². The quantitative estimate of drug-likeness (QED) is 0.750. The molecule has 2 rings (SSSR count). The molecule has 1 saturated carbocycles. The summed E-state index contributed by atoms with van der Waals surface area (Å²) in [5.74, 6) is 1.09. The van der Waals surface area contributed by atoms with Crippen molar-refractivity contribution in [2.24, 2.45) is 11.8 Å². The van der Waals surface area contributed by atoms with Crippen LogP contribution in [0.1, 0.15) is 37.6 Å². The standard InChI is InChI=1S/C12H21N3O3S/c1-8-3-4-10(5-8)6-13-19(17,18)12-9(2)14-15-11(12)7-16/h8,10,13,16H,3-7H2,1-2H3,(H,14,15). The van der Waals surface area contributed by atoms with Gasteiger partial charge in [0.1, 0.15) is 10.6 Å². The Bertz CT molecular complexity index is 538. The summed E-state index contributed by atoms with van der Waals surface area (Å²) in [6.07, 6.45) is 3.31. The lowest BCUT2D eigenvalue weighted by Crippen LogP contribution is -2.29. The SMILES string of the molecule is Cc1[nH]nc(CO)c1S(=O)(=O)NCC1CCC(C)C1. The number of rotatable bonds is 5. The summed E-state index contributed by atoms with van der Waals surface area (Å²) in [6.45, 7) is 3.90. The van der Waals surface area contributed by atoms with Crippen molar-refractivity contribution in [1.82, 2.24) is 14.9 Å². The number of aliphatic hydroxyl groups excluding tert-OH is 1. The van der Waals surface area contributed by atoms with Gasteiger partial charge in [-0.15, -0.1) is 0 Å². The number of nitrogens with one attached hydrogen (secondary N) is 2. The minimum Gasteiger partial charge on any atom is -0.390 e. The van der Waals surface area contributed by atoms with Gasteiger partial charge >= 0.3 is 0 Å². The second-order valence-electron chi connectivity index (χ2n) is 5.42. The first-order valence-electron chi connectivity index (χ1n) is 6.58. The molecule has 3 N–H and O–H groups in total. The van der Waals surface area contributed by atoms with E-state index in [4.69, 9.17) is 5.11 Å². The topological polar surface area (TPSA) is 95.1 Å². The van der Waals surface area contributed by atoms with Gasteiger partial charge in [-0.05, 0) is 31.6 Å². The van der Waals surface area contributed by atoms with E-state index in [1.54, 1.807) is 6.92 Å². The van der Waals surface area contributed by atoms with E-state index in [2.05, 4.69) is 21.8 Å². The molecule has 6 nitrogen and oxygen atoms in total. The fourth-order valence-electron chi connectivity index (χ4n) is 2.74. The van der Waals surface area contributed by atoms with Gasteiger partial charge in [0.05, 0.1) is 12.3 Å². The molecule has 1 aliphatic rings. The van der Waals surface area contributed by atoms with Gasteiger partial charge in [-0.2, -0.15) is 5.10 Å². The van der Waals surface area contributed by atoms with Crippen LogP contribution in [-0.4, -0.2) is 30.3 Å². The maximum atomic E-state index is 12.2. The average molecular weight is 287 g/mol. The summed E-state index contributed by atoms with van der Waals surface area (Å²) in [5, 5.41) is 15.5. The van der Waals surface area contributed by atoms with Crippen LogP contribution in [0.5, 0.6) is 0 Å². The van der Waals surface area contributed by atoms with Crippen LogP contribution in [-0.2, 0) is 16.6 Å². The molecular formula is C12H21N3O3S. The molecule has 0 radical (unpaired) electrons. The highest BCUT2D eigenvalue weighted by molar-refractivity contribution is 7.89. The summed E-state index contributed by atoms with van der Waals surface area (Å²) < 4.78 is 27.1. The van der Waals surface area contributed by atoms with Gasteiger partial charge in [0, 0.05) is 6.54 Å². The highest BCUT2D eigenvalue weighted by atomic mass is 32.2. The van der Waals surface area contributed by atoms with Gasteiger partial charge in [-0.25, -0.2) is 13.1 Å². The molecule has 108 valence electrons. The highest BCUT2D eigenvalue weighted by Gasteiger charge is 2.27. The molecular weight excluding hydrogens is 266 g/mol. The molecule has 0 aliphatic heterocycles. The van der Waals surface area contributed by atoms with Crippen LogP contribution in [0.3, 0.4) is 0 Å². The zero-order valence-corrected chi connectivity index (χ0v) is 12.1. The molecule has 0 bridgehead atoms. The third-order valence-corrected chi connectivity index (χ3v) is 5.37. The Morgan fingerprint density at radius 1 is 1.47 bits per heavy atom. The second-order valence-corrected chi connectivity index (χ2v) is 7.12. The van der Waals surface area contributed by atoms with E-state index in [-0.39, 0.29) is 17.2 Å². The number of aromatic nitrogens is 2. The molecule has 0 aromatic carbocycles. The fourth-order valence-corrected chi connectivity index (χ4v) is 4.21. The number of hydrogen-bond acceptors (Lipinski definition) is 4. The number of hydrogen-bond donors (Lipinski definition) is 3. The van der Waals surface area contributed by atoms with Crippen molar-refractivity contribution in [2.45, 2.75) is 44.6 Å². The van der Waals surface area contributed by atoms with E-state index in [1.165, 1.54) is 6.42 Å². The van der Waals surface area contributed by atoms with Gasteiger partial charge in [0.2, 0.25) is 10.0 Å². The summed E-state index contributed by atoms with van der Waals surface area (Å²) >= 11 is 0. The summed E-state index contributed by atoms with van der Waals surface area (Å²) in [4.78, 5) is 0.0843. The fraction of sp³-hybridized carbons (Fsp3) is 0.750. The van der Waals surface area contributed by atoms with Gasteiger partial charge in [-0.3, -0.25) is 5.10 Å². The van der Waals surface area contributed by atoms with E-state index >= 15 is 0 Å². The largest absolute Gasteiger partial charge is 0.390 e. The molecule has 19 heavy (non-hydrogen) atoms. The molecule has 0 saturated heterocycles. The van der Waals surface area contributed by atoms with E-state index in [0.29, 0.717) is 24.1 Å². The van der Waals surface area contributed by atoms with Crippen LogP contribution in [0, 0.1) is 18.8 Å². The van der Waals surface area contributed by atoms with Crippen LogP contribution >= 0.6 is 0 Å². The monoisotopic (exact) mass is 287 g/mol. The van der Waals surface area contributed by atoms with Gasteiger partial charge in [-0.1, -0.05) is 13.3 Å². The lowest BCUT2D eigenvalue weighted by Gasteiger charge is -2.12. The molecule has 0 spiro atoms. The molecule has 1 aromatic heterocycles. The normalized spacial score (nSPS) is 23.9. The highest BCUT2D eigenvalue weighted by Crippen LogP contribution is 2.30. The third kappa shape index (κ3) is 3.16. The number of aryl methyl sites for hydroxylation is 1. The number of aromatic amines is 1. The second kappa shape index (κ2) is 5.60. The molecule has 0 amide bonds. The Balaban J connectivity index is 2.08. The summed E-state index contributed by atoms with van der Waals surface area (Å²) in [7, 11) is -3.60. The minimum atomic E-state index is -3.60. The van der Waals surface area contributed by atoms with Crippen molar-refractivity contribution in [1.29, 1.82) is 0 Å². The maximum Gasteiger partial charge on any atom is 0.244 e. The van der Waals surface area contributed by atoms with Crippen molar-refractivity contribution < 1.29 is 13.5 Å². The zero-order valence-electron chi connectivity index (χ0n) is 11.3. The Morgan fingerprint density at radius 2 is 2.21 bits per heavy atom. The maximum absolute atomic E-state index is 12.2. The van der Waals surface area contributed by atoms with E-state index < -0.39 is 10.0 Å². The Hall–Kier alpha value is -0.920. The predicted octanol–water partition coefficient (Wildman–Crippen LogP) is 0.925. The number of aliphatic hydroxyl groups is 1. The van der Waals surface area contributed by atoms with Crippen molar-refractivity contribution in [3.05, 3.63) is 11.4 Å². The Labute approximate surface area is 113 Å². The molecule has 7 heteroatoms. The number of sulfonamides is 1. The lowest BCUT2D eigenvalue weighted by molar-refractivity contribution is 0.273. The first-order valence-corrected chi connectivity index (χ1v) is 8.06. The first-order chi connectivity index (χ1) is 8.94. The van der Waals surface area contributed by atoms with Crippen molar-refractivity contribution in [3.8, 4) is 0 Å². The Morgan fingerprint density at radius 3 is 2.79 bits per heavy atom. The van der Waals surface area contributed by atoms with E-state index in [1.807, 2.05) is 0 Å². The van der Waals surface area contributed by atoms with Crippen LogP contribution in [0.4, 0.5) is 0 Å². The lowest BCUT2D eigenvalue weighted by atomic mass is 10.1. The smallest absolute Gasteiger partial charge is 0.244 e. The summed E-state index contributed by atoms with van der Waals surface area (Å²) in [6, 6.07) is 0. The van der Waals surface area contributed by atoms with Gasteiger partial charge < -0.3 is 5.11 Å². The Kier molecular flexibility index (Phi) is 4.27. The zero-order chi connectivity index (χ0) is 14.0. The van der Waals surface area contributed by atoms with Crippen LogP contribution < -0.4 is 4.72 Å². The molecule has 1 fully saturated rings. The predicted molar refractivity (Wildman–Crippen MR) is 70.9 cm³/mol. The van der Waals surface area contributed by atoms with Crippen LogP contribution in [0.15, 0.2) is 4.90 Å². The first kappa shape index (κ1) is 14.5. The number of H-pyrrole nitrogens is 1. The van der Waals surface area contributed by atoms with Gasteiger partial charge in [0.25, 0.3) is 0 Å². The van der Waals surface area contributed by atoms with Crippen molar-refractivity contribution >= 4 is 10.0 Å². The molecule has 1 heterocycles. The molecule has 2 atom stereocenters. The molecule has 1 aromatic rings. The molecule has 2 unspecified atom stereocenters. The third-order valence-electron chi connectivity index (χ3n) is 3.75. The minimum absolute atomic E-state index is 0.0843. The van der Waals surface area contributed by atoms with Gasteiger partial charge in [0.15, 0.2) is 0 Å². The van der Waals surface area contributed by atoms with E-state index in [9.17, 15) is 8.42 Å². The van der Waals surface area contributed by atoms with Crippen LogP contribution in [0.25, 0.3) is 0 Å². The van der Waals surface area contributed by atoms with Crippen molar-refractivity contribution in [3.63, 3.8) is 0 Å². The molecule has 1 aliphatic carbocycles.